The van der Waals surface area contributed by atoms with Crippen LogP contribution in [0.5, 0.6) is 5.75 Å². The molecular weight excluding hydrogens is 218 g/mol. The van der Waals surface area contributed by atoms with Gasteiger partial charge < -0.3 is 14.4 Å². The molecule has 0 bridgehead atoms. The molecule has 1 fully saturated rings. The zero-order valence-corrected chi connectivity index (χ0v) is 9.80. The fraction of sp³-hybridized carbons (Fsp3) is 0.500. The van der Waals surface area contributed by atoms with E-state index in [2.05, 4.69) is 23.0 Å². The Labute approximate surface area is 101 Å². The number of ether oxygens (including phenoxy) is 2. The van der Waals surface area contributed by atoms with Crippen LogP contribution >= 0.6 is 0 Å². The first-order chi connectivity index (χ1) is 8.29. The summed E-state index contributed by atoms with van der Waals surface area (Å²) < 4.78 is 11.2. The molecule has 1 aromatic rings. The summed E-state index contributed by atoms with van der Waals surface area (Å²) in [5.74, 6) is 0.520. The van der Waals surface area contributed by atoms with Gasteiger partial charge in [0.05, 0.1) is 18.4 Å². The van der Waals surface area contributed by atoms with E-state index in [1.807, 2.05) is 0 Å². The molecular formula is C12H15N3O2. The van der Waals surface area contributed by atoms with Crippen molar-refractivity contribution in [2.24, 2.45) is 0 Å². The number of aromatic nitrogens is 1. The van der Waals surface area contributed by atoms with Crippen molar-refractivity contribution in [2.45, 2.75) is 6.10 Å². The van der Waals surface area contributed by atoms with E-state index in [-0.39, 0.29) is 6.10 Å². The van der Waals surface area contributed by atoms with Crippen LogP contribution in [0.2, 0.25) is 0 Å². The van der Waals surface area contributed by atoms with E-state index in [0.29, 0.717) is 17.9 Å². The molecule has 1 saturated heterocycles. The Hall–Kier alpha value is -1.64. The zero-order chi connectivity index (χ0) is 12.1. The molecule has 1 aliphatic heterocycles. The Morgan fingerprint density at radius 3 is 3.35 bits per heavy atom. The van der Waals surface area contributed by atoms with Gasteiger partial charge in [0, 0.05) is 19.3 Å². The van der Waals surface area contributed by atoms with Crippen molar-refractivity contribution < 1.29 is 9.47 Å². The third-order valence-corrected chi connectivity index (χ3v) is 2.67. The molecule has 1 atom stereocenters. The van der Waals surface area contributed by atoms with Gasteiger partial charge in [-0.3, -0.25) is 4.98 Å². The standard InChI is InChI=1S/C12H15N3O2/c1-15-4-5-16-11(8-15)9-17-12-7-14-3-2-10(12)6-13/h2-3,7,11H,4-5,8-9H2,1H3. The largest absolute Gasteiger partial charge is 0.488 e. The fourth-order valence-electron chi connectivity index (χ4n) is 1.74. The quantitative estimate of drug-likeness (QED) is 0.767. The zero-order valence-electron chi connectivity index (χ0n) is 9.80. The SMILES string of the molecule is CN1CCOC(COc2cnccc2C#N)C1. The minimum Gasteiger partial charge on any atom is -0.488 e. The van der Waals surface area contributed by atoms with Gasteiger partial charge in [0.1, 0.15) is 18.8 Å². The van der Waals surface area contributed by atoms with E-state index < -0.39 is 0 Å². The highest BCUT2D eigenvalue weighted by atomic mass is 16.5. The van der Waals surface area contributed by atoms with Gasteiger partial charge in [-0.05, 0) is 13.1 Å². The van der Waals surface area contributed by atoms with Crippen LogP contribution in [0.1, 0.15) is 5.56 Å². The Kier molecular flexibility index (Phi) is 3.91. The van der Waals surface area contributed by atoms with E-state index in [0.717, 1.165) is 19.7 Å². The van der Waals surface area contributed by atoms with Crippen LogP contribution in [0.3, 0.4) is 0 Å². The van der Waals surface area contributed by atoms with Crippen LogP contribution < -0.4 is 4.74 Å². The van der Waals surface area contributed by atoms with Crippen LogP contribution in [0, 0.1) is 11.3 Å². The first kappa shape index (κ1) is 11.8. The van der Waals surface area contributed by atoms with E-state index >= 15 is 0 Å². The summed E-state index contributed by atoms with van der Waals surface area (Å²) in [4.78, 5) is 6.15. The van der Waals surface area contributed by atoms with Gasteiger partial charge in [0.15, 0.2) is 5.75 Å². The van der Waals surface area contributed by atoms with Crippen molar-refractivity contribution in [3.63, 3.8) is 0 Å². The molecule has 2 heterocycles. The van der Waals surface area contributed by atoms with Crippen molar-refractivity contribution in [1.82, 2.24) is 9.88 Å². The molecule has 17 heavy (non-hydrogen) atoms. The second kappa shape index (κ2) is 5.62. The van der Waals surface area contributed by atoms with Crippen molar-refractivity contribution in [2.75, 3.05) is 33.4 Å². The maximum Gasteiger partial charge on any atom is 0.155 e. The van der Waals surface area contributed by atoms with Gasteiger partial charge in [-0.2, -0.15) is 5.26 Å². The average Bonchev–Trinajstić information content (AvgIpc) is 2.37. The highest BCUT2D eigenvalue weighted by molar-refractivity contribution is 5.40. The number of hydrogen-bond donors (Lipinski definition) is 0. The number of hydrogen-bond acceptors (Lipinski definition) is 5. The van der Waals surface area contributed by atoms with Crippen LogP contribution in [0.15, 0.2) is 18.5 Å². The summed E-state index contributed by atoms with van der Waals surface area (Å²) in [6, 6.07) is 3.72. The second-order valence-electron chi connectivity index (χ2n) is 4.05. The summed E-state index contributed by atoms with van der Waals surface area (Å²) >= 11 is 0. The number of likely N-dealkylation sites (N-methyl/N-ethyl adjacent to an activating group) is 1. The van der Waals surface area contributed by atoms with Crippen LogP contribution in [-0.2, 0) is 4.74 Å². The molecule has 90 valence electrons. The van der Waals surface area contributed by atoms with Crippen molar-refractivity contribution >= 4 is 0 Å². The molecule has 0 amide bonds. The Morgan fingerprint density at radius 2 is 2.59 bits per heavy atom. The molecule has 5 nitrogen and oxygen atoms in total. The minimum absolute atomic E-state index is 0.0560. The van der Waals surface area contributed by atoms with Crippen LogP contribution in [-0.4, -0.2) is 49.3 Å². The fourth-order valence-corrected chi connectivity index (χ4v) is 1.74. The summed E-state index contributed by atoms with van der Waals surface area (Å²) in [7, 11) is 2.06. The topological polar surface area (TPSA) is 58.4 Å². The van der Waals surface area contributed by atoms with E-state index in [4.69, 9.17) is 14.7 Å². The first-order valence-corrected chi connectivity index (χ1v) is 5.56. The highest BCUT2D eigenvalue weighted by Gasteiger charge is 2.18. The first-order valence-electron chi connectivity index (χ1n) is 5.56. The third kappa shape index (κ3) is 3.16. The van der Waals surface area contributed by atoms with Gasteiger partial charge in [-0.1, -0.05) is 0 Å². The van der Waals surface area contributed by atoms with E-state index in [1.165, 1.54) is 0 Å². The Balaban J connectivity index is 1.91. The lowest BCUT2D eigenvalue weighted by atomic mass is 10.2. The molecule has 0 aliphatic carbocycles. The molecule has 0 saturated carbocycles. The van der Waals surface area contributed by atoms with Crippen molar-refractivity contribution in [3.8, 4) is 11.8 Å². The third-order valence-electron chi connectivity index (χ3n) is 2.67. The normalized spacial score (nSPS) is 20.8. The number of nitriles is 1. The Morgan fingerprint density at radius 1 is 1.71 bits per heavy atom. The molecule has 1 aromatic heterocycles. The number of morpholine rings is 1. The van der Waals surface area contributed by atoms with Gasteiger partial charge in [-0.25, -0.2) is 0 Å². The van der Waals surface area contributed by atoms with Gasteiger partial charge >= 0.3 is 0 Å². The number of rotatable bonds is 3. The lowest BCUT2D eigenvalue weighted by molar-refractivity contribution is -0.0404. The summed E-state index contributed by atoms with van der Waals surface area (Å²) in [6.07, 6.45) is 3.20. The van der Waals surface area contributed by atoms with Crippen LogP contribution in [0.4, 0.5) is 0 Å². The molecule has 2 rings (SSSR count). The molecule has 0 aromatic carbocycles. The molecule has 5 heteroatoms. The minimum atomic E-state index is 0.0560. The van der Waals surface area contributed by atoms with Gasteiger partial charge in [0.2, 0.25) is 0 Å². The lowest BCUT2D eigenvalue weighted by Gasteiger charge is -2.29. The molecule has 0 radical (unpaired) electrons. The molecule has 0 N–H and O–H groups in total. The monoisotopic (exact) mass is 233 g/mol. The van der Waals surface area contributed by atoms with Crippen molar-refractivity contribution in [3.05, 3.63) is 24.0 Å². The summed E-state index contributed by atoms with van der Waals surface area (Å²) in [6.45, 7) is 2.97. The predicted octanol–water partition coefficient (Wildman–Crippen LogP) is 0.663. The number of pyridine rings is 1. The number of nitrogens with zero attached hydrogens (tertiary/aromatic N) is 3. The molecule has 0 spiro atoms. The maximum atomic E-state index is 8.90. The second-order valence-corrected chi connectivity index (χ2v) is 4.05. The molecule has 1 aliphatic rings. The van der Waals surface area contributed by atoms with Crippen molar-refractivity contribution in [1.29, 1.82) is 5.26 Å². The highest BCUT2D eigenvalue weighted by Crippen LogP contribution is 2.16. The van der Waals surface area contributed by atoms with Crippen LogP contribution in [0.25, 0.3) is 0 Å². The Bertz CT molecular complexity index is 416. The van der Waals surface area contributed by atoms with Gasteiger partial charge in [-0.15, -0.1) is 0 Å². The van der Waals surface area contributed by atoms with Gasteiger partial charge in [0.25, 0.3) is 0 Å². The smallest absolute Gasteiger partial charge is 0.155 e. The maximum absolute atomic E-state index is 8.90. The predicted molar refractivity (Wildman–Crippen MR) is 61.7 cm³/mol. The summed E-state index contributed by atoms with van der Waals surface area (Å²) in [5, 5.41) is 8.90. The molecule has 1 unspecified atom stereocenters. The average molecular weight is 233 g/mol. The van der Waals surface area contributed by atoms with E-state index in [9.17, 15) is 0 Å². The summed E-state index contributed by atoms with van der Waals surface area (Å²) in [5.41, 5.74) is 0.504. The lowest BCUT2D eigenvalue weighted by Crippen LogP contribution is -2.42. The van der Waals surface area contributed by atoms with E-state index in [1.54, 1.807) is 18.5 Å².